The number of pyridine rings is 1. The lowest BCUT2D eigenvalue weighted by molar-refractivity contribution is -0.183. The highest BCUT2D eigenvalue weighted by atomic mass is 33.1. The van der Waals surface area contributed by atoms with E-state index in [-0.39, 0.29) is 18.4 Å². The smallest absolute Gasteiger partial charge is 0.336 e. The van der Waals surface area contributed by atoms with E-state index in [1.807, 2.05) is 54.6 Å². The molecule has 0 unspecified atom stereocenters. The summed E-state index contributed by atoms with van der Waals surface area (Å²) in [6.45, 7) is 6.25. The van der Waals surface area contributed by atoms with Crippen molar-refractivity contribution in [1.29, 1.82) is 0 Å². The van der Waals surface area contributed by atoms with Gasteiger partial charge in [0.25, 0.3) is 0 Å². The number of nitrogen functional groups attached to an aromatic ring is 1. The van der Waals surface area contributed by atoms with E-state index in [0.717, 1.165) is 47.0 Å². The molecule has 2 aromatic heterocycles. The van der Waals surface area contributed by atoms with Crippen molar-refractivity contribution >= 4 is 50.3 Å². The molecule has 7 atom stereocenters. The first kappa shape index (κ1) is 33.4. The van der Waals surface area contributed by atoms with Gasteiger partial charge in [0.2, 0.25) is 5.91 Å². The number of nitrogens with one attached hydrogen (secondary N) is 1. The molecule has 2 aliphatic carbocycles. The Balaban J connectivity index is 1.29. The number of rotatable bonds is 3. The van der Waals surface area contributed by atoms with Gasteiger partial charge in [-0.25, -0.2) is 14.6 Å². The number of hydrogen-bond donors (Lipinski definition) is 2. The third-order valence-electron chi connectivity index (χ3n) is 11.8. The lowest BCUT2D eigenvalue weighted by atomic mass is 9.61. The lowest BCUT2D eigenvalue weighted by Gasteiger charge is -2.57. The summed E-state index contributed by atoms with van der Waals surface area (Å²) in [6.07, 6.45) is 8.83. The quantitative estimate of drug-likeness (QED) is 0.120. The molecule has 262 valence electrons. The summed E-state index contributed by atoms with van der Waals surface area (Å²) >= 11 is 0. The molecular weight excluding hydrogens is 673 g/mol. The summed E-state index contributed by atoms with van der Waals surface area (Å²) in [5, 5.41) is 4.61. The van der Waals surface area contributed by atoms with Crippen molar-refractivity contribution in [2.45, 2.75) is 87.3 Å². The fraction of sp³-hybridized carbons (Fsp3) is 0.474. The van der Waals surface area contributed by atoms with Crippen molar-refractivity contribution in [2.24, 2.45) is 5.92 Å². The number of aromatic nitrogens is 1. The first-order chi connectivity index (χ1) is 24.0. The molecule has 3 aliphatic heterocycles. The number of nitrogens with zero attached hydrogens (tertiary/aromatic N) is 2. The third-order valence-corrected chi connectivity index (χ3v) is 14.6. The zero-order chi connectivity index (χ0) is 34.9. The summed E-state index contributed by atoms with van der Waals surface area (Å²) in [6, 6.07) is 9.40. The number of benzene rings is 1. The molecule has 1 spiro atoms. The van der Waals surface area contributed by atoms with E-state index < -0.39 is 28.7 Å². The highest BCUT2D eigenvalue weighted by Gasteiger charge is 2.64. The molecule has 1 aromatic carbocycles. The Hall–Kier alpha value is -3.74. The van der Waals surface area contributed by atoms with E-state index in [1.54, 1.807) is 31.3 Å². The second-order valence-corrected chi connectivity index (χ2v) is 17.1. The van der Waals surface area contributed by atoms with Gasteiger partial charge in [0.15, 0.2) is 11.2 Å². The number of esters is 1. The van der Waals surface area contributed by atoms with Crippen LogP contribution < -0.4 is 21.4 Å². The van der Waals surface area contributed by atoms with Gasteiger partial charge < -0.3 is 29.8 Å². The standard InChI is InChI=1S/C38H42N4O6S2/c1-5-20(2)36(45)48-37(3)11-10-22-19-49-50-30-8-7-27(40-4)26-18-42(35(26)30)32(43)13-24-17-41-31(39)14-25(24)34(22)38(37)16-23-12-21-6-9-33(44)46-28(21)15-29(23)47-38/h5-6,9-10,12,14-15,17,26-27,30,34-35,40H,7-8,11,13,16,18-19H2,1-4H3,(H2,39,41)/b20-5+/t26-,27+,30-,34+,35+,37-,38-/m1/s1. The van der Waals surface area contributed by atoms with Gasteiger partial charge in [-0.05, 0) is 75.5 Å². The second-order valence-electron chi connectivity index (χ2n) is 14.5. The number of carbonyl (C=O) groups excluding carboxylic acids is 2. The van der Waals surface area contributed by atoms with Crippen LogP contribution >= 0.6 is 21.6 Å². The minimum Gasteiger partial charge on any atom is -0.481 e. The molecule has 1 saturated heterocycles. The maximum absolute atomic E-state index is 14.2. The zero-order valence-corrected chi connectivity index (χ0v) is 30.3. The largest absolute Gasteiger partial charge is 0.481 e. The van der Waals surface area contributed by atoms with E-state index in [1.165, 1.54) is 6.07 Å². The first-order valence-electron chi connectivity index (χ1n) is 17.3. The van der Waals surface area contributed by atoms with Crippen LogP contribution in [0.15, 0.2) is 69.0 Å². The fourth-order valence-corrected chi connectivity index (χ4v) is 12.1. The molecule has 1 amide bonds. The minimum atomic E-state index is -1.13. The predicted molar refractivity (Wildman–Crippen MR) is 196 cm³/mol. The van der Waals surface area contributed by atoms with Crippen LogP contribution in [0.1, 0.15) is 62.6 Å². The number of hydrogen-bond acceptors (Lipinski definition) is 11. The zero-order valence-electron chi connectivity index (χ0n) is 28.7. The molecule has 5 heterocycles. The van der Waals surface area contributed by atoms with E-state index in [9.17, 15) is 14.4 Å². The van der Waals surface area contributed by atoms with E-state index in [4.69, 9.17) is 19.6 Å². The molecule has 3 aromatic rings. The Morgan fingerprint density at radius 2 is 2.04 bits per heavy atom. The normalized spacial score (nSPS) is 32.0. The molecule has 1 saturated carbocycles. The molecule has 3 N–H and O–H groups in total. The Bertz CT molecular complexity index is 2030. The van der Waals surface area contributed by atoms with Crippen LogP contribution in [0.3, 0.4) is 0 Å². The Morgan fingerprint density at radius 1 is 1.20 bits per heavy atom. The van der Waals surface area contributed by atoms with Crippen molar-refractivity contribution in [3.05, 3.63) is 86.9 Å². The van der Waals surface area contributed by atoms with E-state index in [2.05, 4.69) is 21.3 Å². The van der Waals surface area contributed by atoms with Crippen molar-refractivity contribution in [3.63, 3.8) is 0 Å². The van der Waals surface area contributed by atoms with Crippen LogP contribution in [-0.2, 0) is 27.2 Å². The molecule has 2 fully saturated rings. The van der Waals surface area contributed by atoms with Crippen LogP contribution in [0.4, 0.5) is 5.82 Å². The average Bonchev–Trinajstić information content (AvgIpc) is 3.45. The summed E-state index contributed by atoms with van der Waals surface area (Å²) in [5.41, 5.74) is 8.35. The number of amides is 1. The molecule has 50 heavy (non-hydrogen) atoms. The van der Waals surface area contributed by atoms with Crippen molar-refractivity contribution < 1.29 is 23.5 Å². The second kappa shape index (κ2) is 12.5. The van der Waals surface area contributed by atoms with Crippen LogP contribution in [0.2, 0.25) is 0 Å². The maximum atomic E-state index is 14.2. The van der Waals surface area contributed by atoms with Crippen LogP contribution in [0.25, 0.3) is 11.0 Å². The first-order valence-corrected chi connectivity index (χ1v) is 19.7. The number of fused-ring (bicyclic) bond motifs is 6. The van der Waals surface area contributed by atoms with Gasteiger partial charge in [-0.1, -0.05) is 39.3 Å². The Labute approximate surface area is 299 Å². The number of anilines is 1. The molecule has 0 radical (unpaired) electrons. The molecule has 12 heteroatoms. The lowest BCUT2D eigenvalue weighted by Crippen LogP contribution is -2.69. The molecule has 10 nitrogen and oxygen atoms in total. The van der Waals surface area contributed by atoms with E-state index >= 15 is 0 Å². The maximum Gasteiger partial charge on any atom is 0.336 e. The number of allylic oxidation sites excluding steroid dienone is 1. The highest BCUT2D eigenvalue weighted by Crippen LogP contribution is 2.59. The predicted octanol–water partition coefficient (Wildman–Crippen LogP) is 5.34. The SMILES string of the molecule is C/C=C(\C)C(=O)O[C@]1(C)CC=C2CSS[C@@H]3CC[C@H](NC)[C@H]4CN(C(=O)Cc5cnc(N)cc5[C@H]2[C@]12Cc1cc5ccc(=O)oc5cc1O2)[C@@H]43. The summed E-state index contributed by atoms with van der Waals surface area (Å²) in [5.74, 6) is 1.28. The molecule has 0 bridgehead atoms. The van der Waals surface area contributed by atoms with Gasteiger partial charge in [-0.2, -0.15) is 0 Å². The Morgan fingerprint density at radius 3 is 2.84 bits per heavy atom. The van der Waals surface area contributed by atoms with Gasteiger partial charge in [0.1, 0.15) is 17.2 Å². The van der Waals surface area contributed by atoms with Crippen LogP contribution in [0.5, 0.6) is 5.75 Å². The number of ether oxygens (including phenoxy) is 2. The average molecular weight is 715 g/mol. The summed E-state index contributed by atoms with van der Waals surface area (Å²) in [7, 11) is 5.74. The number of nitrogens with two attached hydrogens (primary N) is 1. The van der Waals surface area contributed by atoms with Gasteiger partial charge in [0.05, 0.1) is 18.4 Å². The van der Waals surface area contributed by atoms with Gasteiger partial charge >= 0.3 is 11.6 Å². The highest BCUT2D eigenvalue weighted by molar-refractivity contribution is 8.77. The van der Waals surface area contributed by atoms with Crippen LogP contribution in [-0.4, -0.2) is 69.6 Å². The van der Waals surface area contributed by atoms with Gasteiger partial charge in [-0.3, -0.25) is 4.79 Å². The monoisotopic (exact) mass is 714 g/mol. The topological polar surface area (TPSA) is 137 Å². The van der Waals surface area contributed by atoms with Crippen molar-refractivity contribution in [2.75, 3.05) is 25.1 Å². The van der Waals surface area contributed by atoms with Gasteiger partial charge in [-0.15, -0.1) is 0 Å². The fourth-order valence-electron chi connectivity index (χ4n) is 8.93. The molecule has 5 aliphatic rings. The summed E-state index contributed by atoms with van der Waals surface area (Å²) < 4.78 is 19.3. The minimum absolute atomic E-state index is 0.0807. The van der Waals surface area contributed by atoms with Gasteiger partial charge in [0, 0.05) is 71.6 Å². The van der Waals surface area contributed by atoms with E-state index in [0.29, 0.717) is 58.5 Å². The molecule has 8 rings (SSSR count). The number of carbonyl (C=O) groups is 2. The van der Waals surface area contributed by atoms with Crippen molar-refractivity contribution in [3.8, 4) is 5.75 Å². The summed E-state index contributed by atoms with van der Waals surface area (Å²) in [4.78, 5) is 46.6. The molecular formula is C38H42N4O6S2. The third kappa shape index (κ3) is 5.28. The van der Waals surface area contributed by atoms with Crippen molar-refractivity contribution in [1.82, 2.24) is 15.2 Å². The Kier molecular flexibility index (Phi) is 8.34. The van der Waals surface area contributed by atoms with Crippen LogP contribution in [0, 0.1) is 5.92 Å².